The van der Waals surface area contributed by atoms with E-state index >= 15 is 0 Å². The van der Waals surface area contributed by atoms with Crippen LogP contribution in [-0.2, 0) is 4.79 Å². The molecule has 2 fully saturated rings. The van der Waals surface area contributed by atoms with Gasteiger partial charge in [0.1, 0.15) is 23.0 Å². The maximum Gasteiger partial charge on any atom is 0.240 e. The Morgan fingerprint density at radius 3 is 2.47 bits per heavy atom. The van der Waals surface area contributed by atoms with Crippen LogP contribution in [0, 0.1) is 22.7 Å². The summed E-state index contributed by atoms with van der Waals surface area (Å²) in [5, 5.41) is 12.1. The maximum atomic E-state index is 12.3. The Labute approximate surface area is 202 Å². The molecule has 6 heteroatoms. The van der Waals surface area contributed by atoms with Crippen molar-refractivity contribution in [3.05, 3.63) is 66.7 Å². The third kappa shape index (κ3) is 5.91. The van der Waals surface area contributed by atoms with Gasteiger partial charge in [0.2, 0.25) is 5.91 Å². The fourth-order valence-electron chi connectivity index (χ4n) is 3.91. The van der Waals surface area contributed by atoms with Gasteiger partial charge in [-0.15, -0.1) is 6.58 Å². The summed E-state index contributed by atoms with van der Waals surface area (Å²) < 4.78 is 12.1. The predicted molar refractivity (Wildman–Crippen MR) is 133 cm³/mol. The quantitative estimate of drug-likeness (QED) is 0.505. The Morgan fingerprint density at radius 2 is 1.85 bits per heavy atom. The van der Waals surface area contributed by atoms with E-state index in [2.05, 4.69) is 41.1 Å². The number of carbonyl (C=O) groups is 1. The molecular weight excluding hydrogens is 426 g/mol. The lowest BCUT2D eigenvalue weighted by atomic mass is 9.93. The van der Waals surface area contributed by atoms with E-state index in [4.69, 9.17) is 9.47 Å². The highest BCUT2D eigenvalue weighted by atomic mass is 16.5. The standard InChI is InChI=1S/C28H33N3O3/c1-4-26(30-27(32)28(2,3)19-29)21-7-11-24(12-8-21)34-25-15-16-31(17-25)22-9-13-23(14-10-22)33-18-20-5-6-20/h4,7-14,20,25-26H,1,5-6,15-18H2,2-3H3,(H,30,32). The molecule has 2 aromatic carbocycles. The van der Waals surface area contributed by atoms with E-state index in [0.29, 0.717) is 0 Å². The van der Waals surface area contributed by atoms with Gasteiger partial charge >= 0.3 is 0 Å². The van der Waals surface area contributed by atoms with Crippen molar-refractivity contribution in [3.8, 4) is 17.6 Å². The molecule has 1 saturated carbocycles. The lowest BCUT2D eigenvalue weighted by Crippen LogP contribution is -2.37. The van der Waals surface area contributed by atoms with Crippen LogP contribution < -0.4 is 19.7 Å². The van der Waals surface area contributed by atoms with E-state index in [1.54, 1.807) is 19.9 Å². The maximum absolute atomic E-state index is 12.3. The molecule has 1 aliphatic carbocycles. The summed E-state index contributed by atoms with van der Waals surface area (Å²) >= 11 is 0. The van der Waals surface area contributed by atoms with Gasteiger partial charge in [-0.05, 0) is 74.6 Å². The third-order valence-corrected chi connectivity index (χ3v) is 6.44. The van der Waals surface area contributed by atoms with Gasteiger partial charge in [-0.2, -0.15) is 5.26 Å². The summed E-state index contributed by atoms with van der Waals surface area (Å²) in [6.07, 6.45) is 5.32. The summed E-state index contributed by atoms with van der Waals surface area (Å²) in [5.41, 5.74) is 0.981. The monoisotopic (exact) mass is 459 g/mol. The largest absolute Gasteiger partial charge is 0.493 e. The zero-order chi connectivity index (χ0) is 24.1. The number of nitriles is 1. The average Bonchev–Trinajstić information content (AvgIpc) is 3.58. The Bertz CT molecular complexity index is 1040. The van der Waals surface area contributed by atoms with Crippen LogP contribution in [0.1, 0.15) is 44.7 Å². The molecule has 4 rings (SSSR count). The fraction of sp³-hybridized carbons (Fsp3) is 0.429. The molecule has 0 radical (unpaired) electrons. The zero-order valence-electron chi connectivity index (χ0n) is 20.0. The van der Waals surface area contributed by atoms with E-state index in [-0.39, 0.29) is 18.1 Å². The van der Waals surface area contributed by atoms with E-state index in [0.717, 1.165) is 49.1 Å². The molecule has 1 aliphatic heterocycles. The fourth-order valence-corrected chi connectivity index (χ4v) is 3.91. The lowest BCUT2D eigenvalue weighted by Gasteiger charge is -2.21. The van der Waals surface area contributed by atoms with Crippen molar-refractivity contribution in [3.63, 3.8) is 0 Å². The van der Waals surface area contributed by atoms with Crippen LogP contribution in [0.5, 0.6) is 11.5 Å². The number of carbonyl (C=O) groups excluding carboxylic acids is 1. The van der Waals surface area contributed by atoms with Gasteiger partial charge in [0, 0.05) is 18.7 Å². The number of anilines is 1. The molecule has 2 aromatic rings. The Morgan fingerprint density at radius 1 is 1.18 bits per heavy atom. The van der Waals surface area contributed by atoms with Gasteiger partial charge in [0.15, 0.2) is 0 Å². The molecule has 0 bridgehead atoms. The average molecular weight is 460 g/mol. The first kappa shape index (κ1) is 23.7. The van der Waals surface area contributed by atoms with Gasteiger partial charge in [-0.3, -0.25) is 4.79 Å². The van der Waals surface area contributed by atoms with E-state index < -0.39 is 5.41 Å². The van der Waals surface area contributed by atoms with Crippen LogP contribution in [0.2, 0.25) is 0 Å². The minimum absolute atomic E-state index is 0.114. The van der Waals surface area contributed by atoms with Gasteiger partial charge < -0.3 is 19.7 Å². The molecule has 0 aromatic heterocycles. The number of hydrogen-bond acceptors (Lipinski definition) is 5. The zero-order valence-corrected chi connectivity index (χ0v) is 20.0. The van der Waals surface area contributed by atoms with E-state index in [1.165, 1.54) is 18.5 Å². The first-order valence-electron chi connectivity index (χ1n) is 12.0. The van der Waals surface area contributed by atoms with Crippen molar-refractivity contribution in [2.24, 2.45) is 11.3 Å². The first-order chi connectivity index (χ1) is 16.4. The van der Waals surface area contributed by atoms with E-state index in [9.17, 15) is 10.1 Å². The number of benzene rings is 2. The molecule has 178 valence electrons. The lowest BCUT2D eigenvalue weighted by molar-refractivity contribution is -0.127. The van der Waals surface area contributed by atoms with Gasteiger partial charge in [0.25, 0.3) is 0 Å². The molecule has 2 atom stereocenters. The second-order valence-corrected chi connectivity index (χ2v) is 9.72. The molecular formula is C28H33N3O3. The van der Waals surface area contributed by atoms with Crippen molar-refractivity contribution in [2.75, 3.05) is 24.6 Å². The SMILES string of the molecule is C=CC(NC(=O)C(C)(C)C#N)c1ccc(OC2CCN(c3ccc(OCC4CC4)cc3)C2)cc1. The van der Waals surface area contributed by atoms with Crippen LogP contribution in [0.25, 0.3) is 0 Å². The summed E-state index contributed by atoms with van der Waals surface area (Å²) in [4.78, 5) is 14.7. The molecule has 2 unspecified atom stereocenters. The molecule has 34 heavy (non-hydrogen) atoms. The topological polar surface area (TPSA) is 74.6 Å². The van der Waals surface area contributed by atoms with Crippen LogP contribution >= 0.6 is 0 Å². The van der Waals surface area contributed by atoms with Crippen LogP contribution in [0.4, 0.5) is 5.69 Å². The highest BCUT2D eigenvalue weighted by Crippen LogP contribution is 2.31. The highest BCUT2D eigenvalue weighted by molar-refractivity contribution is 5.85. The summed E-state index contributed by atoms with van der Waals surface area (Å²) in [6.45, 7) is 9.63. The van der Waals surface area contributed by atoms with Crippen LogP contribution in [0.15, 0.2) is 61.2 Å². The van der Waals surface area contributed by atoms with Crippen LogP contribution in [-0.4, -0.2) is 31.7 Å². The number of hydrogen-bond donors (Lipinski definition) is 1. The van der Waals surface area contributed by atoms with Crippen molar-refractivity contribution in [1.29, 1.82) is 5.26 Å². The second kappa shape index (κ2) is 10.2. The van der Waals surface area contributed by atoms with E-state index in [1.807, 2.05) is 30.3 Å². The Kier molecular flexibility index (Phi) is 7.12. The number of rotatable bonds is 10. The molecule has 0 spiro atoms. The van der Waals surface area contributed by atoms with Crippen molar-refractivity contribution in [2.45, 2.75) is 45.3 Å². The molecule has 1 saturated heterocycles. The predicted octanol–water partition coefficient (Wildman–Crippen LogP) is 5.03. The molecule has 6 nitrogen and oxygen atoms in total. The summed E-state index contributed by atoms with van der Waals surface area (Å²) in [7, 11) is 0. The molecule has 1 heterocycles. The summed E-state index contributed by atoms with van der Waals surface area (Å²) in [5.74, 6) is 2.16. The second-order valence-electron chi connectivity index (χ2n) is 9.72. The summed E-state index contributed by atoms with van der Waals surface area (Å²) in [6, 6.07) is 17.7. The third-order valence-electron chi connectivity index (χ3n) is 6.44. The smallest absolute Gasteiger partial charge is 0.240 e. The van der Waals surface area contributed by atoms with Crippen LogP contribution in [0.3, 0.4) is 0 Å². The minimum atomic E-state index is -1.09. The van der Waals surface area contributed by atoms with Crippen molar-refractivity contribution in [1.82, 2.24) is 5.32 Å². The van der Waals surface area contributed by atoms with Crippen molar-refractivity contribution < 1.29 is 14.3 Å². The van der Waals surface area contributed by atoms with Gasteiger partial charge in [-0.25, -0.2) is 0 Å². The highest BCUT2D eigenvalue weighted by Gasteiger charge is 2.29. The van der Waals surface area contributed by atoms with Gasteiger partial charge in [0.05, 0.1) is 25.3 Å². The Hall–Kier alpha value is -3.46. The molecule has 1 amide bonds. The molecule has 2 aliphatic rings. The molecule has 1 N–H and O–H groups in total. The number of nitrogens with one attached hydrogen (secondary N) is 1. The van der Waals surface area contributed by atoms with Gasteiger partial charge in [-0.1, -0.05) is 18.2 Å². The first-order valence-corrected chi connectivity index (χ1v) is 12.0. The normalized spacial score (nSPS) is 18.6. The number of amides is 1. The minimum Gasteiger partial charge on any atom is -0.493 e. The number of nitrogens with zero attached hydrogens (tertiary/aromatic N) is 2. The van der Waals surface area contributed by atoms with Crippen molar-refractivity contribution >= 4 is 11.6 Å². The number of ether oxygens (including phenoxy) is 2. The Balaban J connectivity index is 1.29.